The van der Waals surface area contributed by atoms with Crippen LogP contribution in [0.5, 0.6) is 0 Å². The standard InChI is InChI=1S/C10H7F2N3.ClH/c11-6-3-5-1-2-8(10(13)14)15-9(5)4-7(6)12;/h1-4H,(H3,13,14);1H. The first-order chi connectivity index (χ1) is 7.08. The quantitative estimate of drug-likeness (QED) is 0.596. The molecule has 84 valence electrons. The highest BCUT2D eigenvalue weighted by atomic mass is 35.5. The van der Waals surface area contributed by atoms with Gasteiger partial charge in [-0.2, -0.15) is 0 Å². The third-order valence-corrected chi connectivity index (χ3v) is 2.01. The molecule has 3 nitrogen and oxygen atoms in total. The van der Waals surface area contributed by atoms with Crippen molar-refractivity contribution in [3.8, 4) is 0 Å². The van der Waals surface area contributed by atoms with E-state index >= 15 is 0 Å². The van der Waals surface area contributed by atoms with Gasteiger partial charge in [-0.1, -0.05) is 6.07 Å². The van der Waals surface area contributed by atoms with Crippen LogP contribution < -0.4 is 5.73 Å². The van der Waals surface area contributed by atoms with Gasteiger partial charge in [-0.05, 0) is 12.1 Å². The number of fused-ring (bicyclic) bond motifs is 1. The van der Waals surface area contributed by atoms with Gasteiger partial charge in [0.1, 0.15) is 11.5 Å². The number of hydrogen-bond acceptors (Lipinski definition) is 2. The molecule has 16 heavy (non-hydrogen) atoms. The van der Waals surface area contributed by atoms with Crippen LogP contribution in [0.2, 0.25) is 0 Å². The van der Waals surface area contributed by atoms with Crippen molar-refractivity contribution in [3.63, 3.8) is 0 Å². The number of rotatable bonds is 1. The Morgan fingerprint density at radius 3 is 2.44 bits per heavy atom. The highest BCUT2D eigenvalue weighted by molar-refractivity contribution is 5.95. The number of nitrogens with zero attached hydrogens (tertiary/aromatic N) is 1. The molecule has 0 atom stereocenters. The molecule has 1 aromatic carbocycles. The maximum absolute atomic E-state index is 12.9. The van der Waals surface area contributed by atoms with E-state index in [4.69, 9.17) is 11.1 Å². The van der Waals surface area contributed by atoms with Crippen molar-refractivity contribution in [2.45, 2.75) is 0 Å². The smallest absolute Gasteiger partial charge is 0.161 e. The zero-order valence-corrected chi connectivity index (χ0v) is 8.81. The van der Waals surface area contributed by atoms with E-state index in [1.807, 2.05) is 0 Å². The Balaban J connectivity index is 0.00000128. The lowest BCUT2D eigenvalue weighted by Gasteiger charge is -2.01. The molecule has 3 N–H and O–H groups in total. The number of halogens is 3. The van der Waals surface area contributed by atoms with E-state index in [0.29, 0.717) is 5.39 Å². The molecule has 0 bridgehead atoms. The van der Waals surface area contributed by atoms with Crippen molar-refractivity contribution in [1.82, 2.24) is 4.98 Å². The molecule has 0 aliphatic rings. The van der Waals surface area contributed by atoms with Crippen LogP contribution in [0.4, 0.5) is 8.78 Å². The van der Waals surface area contributed by atoms with Gasteiger partial charge in [-0.25, -0.2) is 13.8 Å². The summed E-state index contributed by atoms with van der Waals surface area (Å²) >= 11 is 0. The highest BCUT2D eigenvalue weighted by Crippen LogP contribution is 2.16. The minimum Gasteiger partial charge on any atom is -0.382 e. The molecular formula is C10H8ClF2N3. The third kappa shape index (κ3) is 2.09. The Hall–Kier alpha value is -1.75. The minimum absolute atomic E-state index is 0. The predicted molar refractivity (Wildman–Crippen MR) is 59.9 cm³/mol. The van der Waals surface area contributed by atoms with Crippen LogP contribution in [0.25, 0.3) is 10.9 Å². The molecule has 0 saturated carbocycles. The number of nitrogens with one attached hydrogen (secondary N) is 1. The van der Waals surface area contributed by atoms with Gasteiger partial charge in [0.25, 0.3) is 0 Å². The average molecular weight is 244 g/mol. The van der Waals surface area contributed by atoms with Gasteiger partial charge in [-0.15, -0.1) is 12.4 Å². The minimum atomic E-state index is -0.962. The number of nitrogens with two attached hydrogens (primary N) is 1. The van der Waals surface area contributed by atoms with E-state index in [-0.39, 0.29) is 29.5 Å². The Bertz CT molecular complexity index is 557. The van der Waals surface area contributed by atoms with Crippen molar-refractivity contribution in [1.29, 1.82) is 5.41 Å². The van der Waals surface area contributed by atoms with E-state index < -0.39 is 11.6 Å². The van der Waals surface area contributed by atoms with E-state index in [2.05, 4.69) is 4.98 Å². The summed E-state index contributed by atoms with van der Waals surface area (Å²) in [5.41, 5.74) is 5.75. The molecule has 0 fully saturated rings. The van der Waals surface area contributed by atoms with Gasteiger partial charge in [0, 0.05) is 11.5 Å². The summed E-state index contributed by atoms with van der Waals surface area (Å²) in [6.07, 6.45) is 0. The summed E-state index contributed by atoms with van der Waals surface area (Å²) in [5.74, 6) is -2.09. The molecule has 6 heteroatoms. The zero-order valence-electron chi connectivity index (χ0n) is 8.00. The van der Waals surface area contributed by atoms with Crippen LogP contribution in [0.1, 0.15) is 5.69 Å². The molecule has 0 aliphatic carbocycles. The van der Waals surface area contributed by atoms with Gasteiger partial charge < -0.3 is 5.73 Å². The summed E-state index contributed by atoms with van der Waals surface area (Å²) in [6.45, 7) is 0. The molecule has 0 aliphatic heterocycles. The highest BCUT2D eigenvalue weighted by Gasteiger charge is 2.06. The monoisotopic (exact) mass is 243 g/mol. The summed E-state index contributed by atoms with van der Waals surface area (Å²) in [4.78, 5) is 3.92. The van der Waals surface area contributed by atoms with Crippen molar-refractivity contribution in [2.24, 2.45) is 5.73 Å². The van der Waals surface area contributed by atoms with Gasteiger partial charge in [0.15, 0.2) is 11.6 Å². The molecule has 0 spiro atoms. The van der Waals surface area contributed by atoms with Crippen molar-refractivity contribution < 1.29 is 8.78 Å². The average Bonchev–Trinajstić information content (AvgIpc) is 2.19. The fraction of sp³-hybridized carbons (Fsp3) is 0. The van der Waals surface area contributed by atoms with Crippen molar-refractivity contribution in [2.75, 3.05) is 0 Å². The first kappa shape index (κ1) is 12.3. The van der Waals surface area contributed by atoms with Crippen LogP contribution >= 0.6 is 12.4 Å². The molecule has 1 heterocycles. The Kier molecular flexibility index (Phi) is 3.39. The molecular weight excluding hydrogens is 236 g/mol. The zero-order chi connectivity index (χ0) is 11.0. The maximum Gasteiger partial charge on any atom is 0.161 e. The topological polar surface area (TPSA) is 62.8 Å². The van der Waals surface area contributed by atoms with Crippen LogP contribution in [-0.2, 0) is 0 Å². The summed E-state index contributed by atoms with van der Waals surface area (Å²) in [7, 11) is 0. The second kappa shape index (κ2) is 4.40. The van der Waals surface area contributed by atoms with Crippen LogP contribution in [0.3, 0.4) is 0 Å². The van der Waals surface area contributed by atoms with Crippen molar-refractivity contribution in [3.05, 3.63) is 41.6 Å². The van der Waals surface area contributed by atoms with E-state index in [1.165, 1.54) is 6.07 Å². The Morgan fingerprint density at radius 2 is 1.81 bits per heavy atom. The number of benzene rings is 1. The number of hydrogen-bond donors (Lipinski definition) is 2. The van der Waals surface area contributed by atoms with E-state index in [9.17, 15) is 8.78 Å². The normalized spacial score (nSPS) is 9.88. The molecule has 0 unspecified atom stereocenters. The third-order valence-electron chi connectivity index (χ3n) is 2.01. The molecule has 1 aromatic heterocycles. The molecule has 0 saturated heterocycles. The van der Waals surface area contributed by atoms with Gasteiger partial charge in [0.05, 0.1) is 5.52 Å². The van der Waals surface area contributed by atoms with Crippen LogP contribution in [0, 0.1) is 17.0 Å². The first-order valence-corrected chi connectivity index (χ1v) is 4.18. The molecule has 2 aromatic rings. The molecule has 2 rings (SSSR count). The second-order valence-electron chi connectivity index (χ2n) is 3.07. The number of nitrogen functional groups attached to an aromatic ring is 1. The SMILES string of the molecule is Cl.N=C(N)c1ccc2cc(F)c(F)cc2n1. The molecule has 0 amide bonds. The maximum atomic E-state index is 12.9. The van der Waals surface area contributed by atoms with Gasteiger partial charge >= 0.3 is 0 Å². The number of pyridine rings is 1. The Labute approximate surface area is 96.2 Å². The Morgan fingerprint density at radius 1 is 1.19 bits per heavy atom. The summed E-state index contributed by atoms with van der Waals surface area (Å²) in [5, 5.41) is 7.63. The lowest BCUT2D eigenvalue weighted by atomic mass is 10.2. The predicted octanol–water partition coefficient (Wildman–Crippen LogP) is 2.22. The van der Waals surface area contributed by atoms with Crippen LogP contribution in [-0.4, -0.2) is 10.8 Å². The lowest BCUT2D eigenvalue weighted by molar-refractivity contribution is 0.510. The van der Waals surface area contributed by atoms with Crippen molar-refractivity contribution >= 4 is 29.1 Å². The molecule has 0 radical (unpaired) electrons. The van der Waals surface area contributed by atoms with E-state index in [1.54, 1.807) is 6.07 Å². The fourth-order valence-electron chi connectivity index (χ4n) is 1.27. The largest absolute Gasteiger partial charge is 0.382 e. The number of amidine groups is 1. The van der Waals surface area contributed by atoms with Crippen LogP contribution in [0.15, 0.2) is 24.3 Å². The second-order valence-corrected chi connectivity index (χ2v) is 3.07. The first-order valence-electron chi connectivity index (χ1n) is 4.18. The summed E-state index contributed by atoms with van der Waals surface area (Å²) in [6, 6.07) is 5.07. The van der Waals surface area contributed by atoms with E-state index in [0.717, 1.165) is 12.1 Å². The number of aromatic nitrogens is 1. The fourth-order valence-corrected chi connectivity index (χ4v) is 1.27. The van der Waals surface area contributed by atoms with Gasteiger partial charge in [-0.3, -0.25) is 5.41 Å². The van der Waals surface area contributed by atoms with Gasteiger partial charge in [0.2, 0.25) is 0 Å². The summed E-state index contributed by atoms with van der Waals surface area (Å²) < 4.78 is 25.7. The lowest BCUT2D eigenvalue weighted by Crippen LogP contribution is -2.12.